The molecule has 0 nitrogen and oxygen atoms in total. The third-order valence-electron chi connectivity index (χ3n) is 0. The van der Waals surface area contributed by atoms with E-state index in [4.69, 9.17) is 3.55 Å². The van der Waals surface area contributed by atoms with Gasteiger partial charge < -0.3 is 0 Å². The van der Waals surface area contributed by atoms with Crippen molar-refractivity contribution in [3.05, 3.63) is 19.6 Å². The van der Waals surface area contributed by atoms with E-state index >= 15 is 0 Å². The van der Waals surface area contributed by atoms with Gasteiger partial charge in [-0.1, -0.05) is 0 Å². The predicted molar refractivity (Wildman–Crippen MR) is 16.7 cm³/mol. The standard InChI is InChI=1S/C3H5.Cu.FH/c1-3-2;;/h3H,1-2H2;;1H/q-1;+2;/p-1. The molecule has 0 aromatic rings. The van der Waals surface area contributed by atoms with Gasteiger partial charge in [0.15, 0.2) is 0 Å². The fraction of sp³-hybridized carbons (Fsp3) is 0. The number of halogens is 1. The van der Waals surface area contributed by atoms with Crippen molar-refractivity contribution in [2.75, 3.05) is 0 Å². The quantitative estimate of drug-likeness (QED) is 0.338. The van der Waals surface area contributed by atoms with E-state index in [1.807, 2.05) is 0 Å². The van der Waals surface area contributed by atoms with E-state index in [0.29, 0.717) is 0 Å². The van der Waals surface area contributed by atoms with E-state index in [1.54, 1.807) is 0 Å². The molecule has 0 aliphatic rings. The van der Waals surface area contributed by atoms with Gasteiger partial charge in [-0.3, -0.25) is 0 Å². The molecule has 0 amide bonds. The second-order valence-electron chi connectivity index (χ2n) is 0.289. The Labute approximate surface area is 40.3 Å². The number of hydrogen-bond donors (Lipinski definition) is 0. The van der Waals surface area contributed by atoms with Crippen LogP contribution in [0.5, 0.6) is 0 Å². The van der Waals surface area contributed by atoms with Gasteiger partial charge in [-0.05, 0) is 0 Å². The summed E-state index contributed by atoms with van der Waals surface area (Å²) in [5, 5.41) is 0. The summed E-state index contributed by atoms with van der Waals surface area (Å²) >= 11 is 2.69. The van der Waals surface area contributed by atoms with Crippen molar-refractivity contribution in [2.24, 2.45) is 0 Å². The SMILES string of the molecule is C=C[CH2-].[F][Cu+]. The number of allylic oxidation sites excluding steroid dienone is 1. The first kappa shape index (κ1) is 8.91. The Balaban J connectivity index is 0. The van der Waals surface area contributed by atoms with Crippen LogP contribution in [0.25, 0.3) is 0 Å². The van der Waals surface area contributed by atoms with Gasteiger partial charge in [0.05, 0.1) is 0 Å². The van der Waals surface area contributed by atoms with Gasteiger partial charge in [-0.2, -0.15) is 0 Å². The Morgan fingerprint density at radius 1 is 1.80 bits per heavy atom. The normalized spacial score (nSPS) is 3.80. The van der Waals surface area contributed by atoms with E-state index in [1.165, 1.54) is 6.08 Å². The van der Waals surface area contributed by atoms with Crippen LogP contribution in [0.4, 0.5) is 3.55 Å². The molecule has 0 radical (unpaired) electrons. The first-order valence-electron chi connectivity index (χ1n) is 0.930. The number of rotatable bonds is 0. The zero-order valence-electron chi connectivity index (χ0n) is 2.67. The fourth-order valence-electron chi connectivity index (χ4n) is 0. The van der Waals surface area contributed by atoms with Gasteiger partial charge in [-0.25, -0.2) is 19.6 Å². The summed E-state index contributed by atoms with van der Waals surface area (Å²) in [6, 6.07) is 0. The van der Waals surface area contributed by atoms with Crippen LogP contribution in [-0.2, 0) is 16.5 Å². The molecule has 0 heterocycles. The minimum absolute atomic E-state index is 1.50. The molecule has 0 N–H and O–H groups in total. The molecule has 0 fully saturated rings. The summed E-state index contributed by atoms with van der Waals surface area (Å²) < 4.78 is 9.06. The maximum atomic E-state index is 9.06. The molecule has 0 bridgehead atoms. The Bertz CT molecular complexity index is 14.4. The van der Waals surface area contributed by atoms with E-state index in [2.05, 4.69) is 30.0 Å². The van der Waals surface area contributed by atoms with Crippen LogP contribution >= 0.6 is 0 Å². The number of hydrogen-bond acceptors (Lipinski definition) is 0. The van der Waals surface area contributed by atoms with Crippen LogP contribution in [0.2, 0.25) is 0 Å². The molecule has 0 atom stereocenters. The van der Waals surface area contributed by atoms with E-state index in [9.17, 15) is 0 Å². The summed E-state index contributed by atoms with van der Waals surface area (Å²) in [4.78, 5) is 0. The Hall–Kier alpha value is 0.0595. The van der Waals surface area contributed by atoms with E-state index in [0.717, 1.165) is 0 Å². The monoisotopic (exact) mass is 123 g/mol. The molecule has 0 rings (SSSR count). The molecule has 0 spiro atoms. The van der Waals surface area contributed by atoms with Crippen LogP contribution in [0.3, 0.4) is 0 Å². The van der Waals surface area contributed by atoms with Gasteiger partial charge in [0.2, 0.25) is 0 Å². The van der Waals surface area contributed by atoms with Crippen molar-refractivity contribution in [3.63, 3.8) is 0 Å². The second-order valence-corrected chi connectivity index (χ2v) is 0.289. The summed E-state index contributed by atoms with van der Waals surface area (Å²) in [5.41, 5.74) is 0. The molecule has 35 valence electrons. The predicted octanol–water partition coefficient (Wildman–Crippen LogP) is 1.42. The average Bonchev–Trinajstić information content (AvgIpc) is 1.46. The summed E-state index contributed by atoms with van der Waals surface area (Å²) in [6.07, 6.45) is 1.50. The molecule has 0 aromatic heterocycles. The third-order valence-corrected chi connectivity index (χ3v) is 0. The van der Waals surface area contributed by atoms with Crippen LogP contribution in [0.1, 0.15) is 0 Å². The molecule has 2 heteroatoms. The summed E-state index contributed by atoms with van der Waals surface area (Å²) in [6.45, 7) is 6.50. The Morgan fingerprint density at radius 3 is 1.80 bits per heavy atom. The fourth-order valence-corrected chi connectivity index (χ4v) is 0. The van der Waals surface area contributed by atoms with Gasteiger partial charge in [0.1, 0.15) is 0 Å². The maximum absolute atomic E-state index is 9.06. The molecule has 0 aliphatic carbocycles. The Morgan fingerprint density at radius 2 is 1.80 bits per heavy atom. The molecule has 5 heavy (non-hydrogen) atoms. The molecular formula is C3H5CuF. The van der Waals surface area contributed by atoms with Crippen molar-refractivity contribution >= 4 is 0 Å². The van der Waals surface area contributed by atoms with Gasteiger partial charge in [0.25, 0.3) is 0 Å². The van der Waals surface area contributed by atoms with Crippen LogP contribution in [-0.4, -0.2) is 0 Å². The van der Waals surface area contributed by atoms with E-state index < -0.39 is 0 Å². The summed E-state index contributed by atoms with van der Waals surface area (Å²) in [5.74, 6) is 0. The molecular weight excluding hydrogens is 119 g/mol. The van der Waals surface area contributed by atoms with Crippen LogP contribution in [0.15, 0.2) is 12.7 Å². The van der Waals surface area contributed by atoms with Crippen LogP contribution < -0.4 is 0 Å². The first-order valence-corrected chi connectivity index (χ1v) is 1.29. The van der Waals surface area contributed by atoms with Gasteiger partial charge in [0, 0.05) is 0 Å². The molecule has 0 aliphatic heterocycles. The van der Waals surface area contributed by atoms with Crippen molar-refractivity contribution in [1.29, 1.82) is 0 Å². The molecule has 0 unspecified atom stereocenters. The molecule has 0 saturated carbocycles. The summed E-state index contributed by atoms with van der Waals surface area (Å²) in [7, 11) is 0. The molecule has 0 aromatic carbocycles. The van der Waals surface area contributed by atoms with Crippen molar-refractivity contribution in [1.82, 2.24) is 0 Å². The van der Waals surface area contributed by atoms with Crippen molar-refractivity contribution < 1.29 is 20.0 Å². The van der Waals surface area contributed by atoms with Gasteiger partial charge >= 0.3 is 20.0 Å². The average molecular weight is 124 g/mol. The topological polar surface area (TPSA) is 0 Å². The van der Waals surface area contributed by atoms with Gasteiger partial charge in [-0.15, -0.1) is 0 Å². The zero-order chi connectivity index (χ0) is 4.71. The Kier molecular flexibility index (Phi) is 60.3. The third kappa shape index (κ3) is 4870. The minimum atomic E-state index is 1.50. The first-order chi connectivity index (χ1) is 2.41. The van der Waals surface area contributed by atoms with Crippen LogP contribution in [0, 0.1) is 6.92 Å². The van der Waals surface area contributed by atoms with E-state index in [-0.39, 0.29) is 0 Å². The van der Waals surface area contributed by atoms with Crippen molar-refractivity contribution in [3.8, 4) is 0 Å². The van der Waals surface area contributed by atoms with Crippen molar-refractivity contribution in [2.45, 2.75) is 0 Å². The second kappa shape index (κ2) is 33.9. The molecule has 0 saturated heterocycles. The zero-order valence-corrected chi connectivity index (χ0v) is 3.61.